The molecule has 1 aliphatic rings. The molecule has 1 heterocycles. The van der Waals surface area contributed by atoms with Crippen molar-refractivity contribution < 1.29 is 9.59 Å². The Labute approximate surface area is 126 Å². The van der Waals surface area contributed by atoms with E-state index in [4.69, 9.17) is 5.53 Å². The van der Waals surface area contributed by atoms with Gasteiger partial charge in [0.05, 0.1) is 6.04 Å². The molecule has 0 aromatic heterocycles. The van der Waals surface area contributed by atoms with Crippen molar-refractivity contribution >= 4 is 11.8 Å². The number of likely N-dealkylation sites (tertiary alicyclic amines) is 1. The average Bonchev–Trinajstić information content (AvgIpc) is 2.58. The molecule has 2 aromatic rings. The van der Waals surface area contributed by atoms with Crippen molar-refractivity contribution in [3.63, 3.8) is 0 Å². The van der Waals surface area contributed by atoms with Crippen molar-refractivity contribution in [1.29, 1.82) is 0 Å². The lowest BCUT2D eigenvalue weighted by Crippen LogP contribution is -2.60. The maximum atomic E-state index is 12.5. The Morgan fingerprint density at radius 3 is 2.23 bits per heavy atom. The van der Waals surface area contributed by atoms with Crippen LogP contribution in [0, 0.1) is 0 Å². The minimum Gasteiger partial charge on any atom is -0.274 e. The van der Waals surface area contributed by atoms with E-state index >= 15 is 0 Å². The van der Waals surface area contributed by atoms with E-state index in [9.17, 15) is 9.59 Å². The summed E-state index contributed by atoms with van der Waals surface area (Å²) in [6.45, 7) is 0. The molecule has 1 aliphatic heterocycles. The molecule has 6 heteroatoms. The number of β-lactam (4-membered cyclic amide) rings is 1. The van der Waals surface area contributed by atoms with Crippen LogP contribution in [0.1, 0.15) is 22.0 Å². The monoisotopic (exact) mass is 292 g/mol. The summed E-state index contributed by atoms with van der Waals surface area (Å²) >= 11 is 0. The number of carbonyl (C=O) groups excluding carboxylic acids is 2. The number of azide groups is 1. The van der Waals surface area contributed by atoms with E-state index in [1.54, 1.807) is 30.3 Å². The maximum Gasteiger partial charge on any atom is 0.261 e. The second-order valence-corrected chi connectivity index (χ2v) is 4.88. The van der Waals surface area contributed by atoms with E-state index in [0.717, 1.165) is 10.5 Å². The van der Waals surface area contributed by atoms with E-state index < -0.39 is 18.0 Å². The molecule has 0 spiro atoms. The summed E-state index contributed by atoms with van der Waals surface area (Å²) in [6, 6.07) is 16.2. The number of hydrogen-bond acceptors (Lipinski definition) is 3. The summed E-state index contributed by atoms with van der Waals surface area (Å²) in [7, 11) is 0. The van der Waals surface area contributed by atoms with Crippen LogP contribution in [0.3, 0.4) is 0 Å². The van der Waals surface area contributed by atoms with E-state index in [-0.39, 0.29) is 5.91 Å². The van der Waals surface area contributed by atoms with Gasteiger partial charge >= 0.3 is 0 Å². The van der Waals surface area contributed by atoms with Crippen LogP contribution < -0.4 is 0 Å². The molecule has 0 aliphatic carbocycles. The average molecular weight is 292 g/mol. The molecule has 108 valence electrons. The third kappa shape index (κ3) is 2.21. The Bertz CT molecular complexity index is 754. The van der Waals surface area contributed by atoms with Crippen LogP contribution in [0.15, 0.2) is 65.8 Å². The second-order valence-electron chi connectivity index (χ2n) is 4.88. The molecule has 0 bridgehead atoms. The first kappa shape index (κ1) is 13.9. The van der Waals surface area contributed by atoms with E-state index in [2.05, 4.69) is 10.0 Å². The van der Waals surface area contributed by atoms with Gasteiger partial charge in [-0.25, -0.2) is 0 Å². The lowest BCUT2D eigenvalue weighted by Gasteiger charge is -2.43. The van der Waals surface area contributed by atoms with Crippen molar-refractivity contribution in [2.45, 2.75) is 12.1 Å². The lowest BCUT2D eigenvalue weighted by molar-refractivity contribution is -0.144. The maximum absolute atomic E-state index is 12.5. The Morgan fingerprint density at radius 2 is 1.64 bits per heavy atom. The molecule has 22 heavy (non-hydrogen) atoms. The standard InChI is InChI=1S/C16H12N4O2/c17-19-18-13-14(11-7-3-1-4-8-11)20(16(13)22)15(21)12-9-5-2-6-10-12/h1-10,13-14H/t13-,14+/m0/s1. The molecule has 2 amide bonds. The Kier molecular flexibility index (Phi) is 3.60. The van der Waals surface area contributed by atoms with Gasteiger partial charge in [0.2, 0.25) is 5.91 Å². The minimum atomic E-state index is -0.875. The summed E-state index contributed by atoms with van der Waals surface area (Å²) < 4.78 is 0. The summed E-state index contributed by atoms with van der Waals surface area (Å²) in [6.07, 6.45) is 0. The third-order valence-electron chi connectivity index (χ3n) is 3.62. The molecule has 0 N–H and O–H groups in total. The number of rotatable bonds is 3. The van der Waals surface area contributed by atoms with E-state index in [1.807, 2.05) is 30.3 Å². The highest BCUT2D eigenvalue weighted by Crippen LogP contribution is 2.38. The fraction of sp³-hybridized carbons (Fsp3) is 0.125. The molecule has 1 saturated heterocycles. The normalized spacial score (nSPS) is 20.0. The molecular formula is C16H12N4O2. The smallest absolute Gasteiger partial charge is 0.261 e. The van der Waals surface area contributed by atoms with Gasteiger partial charge in [0, 0.05) is 10.5 Å². The summed E-state index contributed by atoms with van der Waals surface area (Å²) in [4.78, 5) is 28.6. The first-order chi connectivity index (χ1) is 10.7. The highest BCUT2D eigenvalue weighted by molar-refractivity contribution is 6.10. The SMILES string of the molecule is [N-]=[N+]=N[C@@H]1C(=O)N(C(=O)c2ccccc2)[C@@H]1c1ccccc1. The van der Waals surface area contributed by atoms with Gasteiger partial charge in [0.1, 0.15) is 6.04 Å². The Balaban J connectivity index is 1.97. The van der Waals surface area contributed by atoms with Gasteiger partial charge < -0.3 is 0 Å². The zero-order valence-electron chi connectivity index (χ0n) is 11.5. The first-order valence-corrected chi connectivity index (χ1v) is 6.75. The van der Waals surface area contributed by atoms with Crippen molar-refractivity contribution in [1.82, 2.24) is 4.90 Å². The largest absolute Gasteiger partial charge is 0.274 e. The van der Waals surface area contributed by atoms with Gasteiger partial charge in [-0.15, -0.1) is 0 Å². The fourth-order valence-electron chi connectivity index (χ4n) is 2.57. The lowest BCUT2D eigenvalue weighted by atomic mass is 9.88. The van der Waals surface area contributed by atoms with E-state index in [0.29, 0.717) is 5.56 Å². The van der Waals surface area contributed by atoms with E-state index in [1.165, 1.54) is 0 Å². The zero-order valence-corrected chi connectivity index (χ0v) is 11.5. The van der Waals surface area contributed by atoms with Crippen LogP contribution in [0.5, 0.6) is 0 Å². The van der Waals surface area contributed by atoms with Gasteiger partial charge in [0.15, 0.2) is 0 Å². The van der Waals surface area contributed by atoms with Crippen molar-refractivity contribution in [2.24, 2.45) is 5.11 Å². The van der Waals surface area contributed by atoms with Gasteiger partial charge in [-0.1, -0.05) is 53.6 Å². The number of carbonyl (C=O) groups is 2. The Hall–Kier alpha value is -3.11. The highest BCUT2D eigenvalue weighted by atomic mass is 16.2. The number of imide groups is 1. The fourth-order valence-corrected chi connectivity index (χ4v) is 2.57. The summed E-state index contributed by atoms with van der Waals surface area (Å²) in [5.41, 5.74) is 9.82. The molecule has 0 radical (unpaired) electrons. The predicted octanol–water partition coefficient (Wildman–Crippen LogP) is 3.09. The van der Waals surface area contributed by atoms with Gasteiger partial charge in [-0.3, -0.25) is 14.5 Å². The molecule has 2 atom stereocenters. The van der Waals surface area contributed by atoms with Crippen LogP contribution in [0.4, 0.5) is 0 Å². The molecule has 6 nitrogen and oxygen atoms in total. The predicted molar refractivity (Wildman–Crippen MR) is 79.7 cm³/mol. The Morgan fingerprint density at radius 1 is 1.05 bits per heavy atom. The molecule has 0 saturated carbocycles. The van der Waals surface area contributed by atoms with Gasteiger partial charge in [-0.05, 0) is 23.2 Å². The van der Waals surface area contributed by atoms with Gasteiger partial charge in [0.25, 0.3) is 5.91 Å². The van der Waals surface area contributed by atoms with Crippen molar-refractivity contribution in [2.75, 3.05) is 0 Å². The van der Waals surface area contributed by atoms with Crippen LogP contribution in [0.2, 0.25) is 0 Å². The summed E-state index contributed by atoms with van der Waals surface area (Å²) in [5.74, 6) is -0.857. The minimum absolute atomic E-state index is 0.385. The zero-order chi connectivity index (χ0) is 15.5. The number of amides is 2. The molecule has 1 fully saturated rings. The molecule has 2 aromatic carbocycles. The third-order valence-corrected chi connectivity index (χ3v) is 3.62. The first-order valence-electron chi connectivity index (χ1n) is 6.75. The van der Waals surface area contributed by atoms with Crippen LogP contribution >= 0.6 is 0 Å². The highest BCUT2D eigenvalue weighted by Gasteiger charge is 2.51. The molecule has 3 rings (SSSR count). The van der Waals surface area contributed by atoms with Crippen LogP contribution in [0.25, 0.3) is 10.4 Å². The van der Waals surface area contributed by atoms with Gasteiger partial charge in [-0.2, -0.15) is 0 Å². The van der Waals surface area contributed by atoms with Crippen LogP contribution in [-0.4, -0.2) is 22.8 Å². The number of nitrogens with zero attached hydrogens (tertiary/aromatic N) is 4. The second kappa shape index (κ2) is 5.71. The molecular weight excluding hydrogens is 280 g/mol. The van der Waals surface area contributed by atoms with Crippen molar-refractivity contribution in [3.05, 3.63) is 82.2 Å². The number of benzene rings is 2. The van der Waals surface area contributed by atoms with Crippen molar-refractivity contribution in [3.8, 4) is 0 Å². The summed E-state index contributed by atoms with van der Waals surface area (Å²) in [5, 5.41) is 3.53. The number of hydrogen-bond donors (Lipinski definition) is 0. The topological polar surface area (TPSA) is 86.1 Å². The van der Waals surface area contributed by atoms with Crippen LogP contribution in [-0.2, 0) is 4.79 Å². The molecule has 0 unspecified atom stereocenters. The quantitative estimate of drug-likeness (QED) is 0.286.